The summed E-state index contributed by atoms with van der Waals surface area (Å²) in [5.41, 5.74) is 1.02. The van der Waals surface area contributed by atoms with E-state index in [1.54, 1.807) is 6.07 Å². The van der Waals surface area contributed by atoms with Gasteiger partial charge in [-0.05, 0) is 30.2 Å². The van der Waals surface area contributed by atoms with Crippen molar-refractivity contribution in [2.45, 2.75) is 19.9 Å². The lowest BCUT2D eigenvalue weighted by Gasteiger charge is -2.23. The van der Waals surface area contributed by atoms with Gasteiger partial charge in [0.25, 0.3) is 0 Å². The van der Waals surface area contributed by atoms with Crippen molar-refractivity contribution in [3.05, 3.63) is 76.1 Å². The molecule has 0 aliphatic rings. The van der Waals surface area contributed by atoms with Crippen LogP contribution >= 0.6 is 0 Å². The number of pyridine rings is 1. The largest absolute Gasteiger partial charge is 0.322 e. The van der Waals surface area contributed by atoms with Crippen LogP contribution in [0.25, 0.3) is 10.9 Å². The molecule has 2 amide bonds. The van der Waals surface area contributed by atoms with Gasteiger partial charge in [-0.2, -0.15) is 0 Å². The second-order valence-electron chi connectivity index (χ2n) is 6.18. The number of aromatic nitrogens is 1. The normalized spacial score (nSPS) is 10.8. The number of fused-ring (bicyclic) bond motifs is 1. The van der Waals surface area contributed by atoms with Crippen LogP contribution in [0.4, 0.5) is 19.3 Å². The molecule has 0 saturated heterocycles. The molecule has 0 unspecified atom stereocenters. The van der Waals surface area contributed by atoms with E-state index in [-0.39, 0.29) is 17.8 Å². The van der Waals surface area contributed by atoms with E-state index in [1.165, 1.54) is 17.0 Å². The van der Waals surface area contributed by atoms with Crippen molar-refractivity contribution in [3.8, 4) is 0 Å². The highest BCUT2D eigenvalue weighted by Gasteiger charge is 2.17. The number of para-hydroxylation sites is 1. The topological polar surface area (TPSA) is 65.2 Å². The number of urea groups is 1. The highest BCUT2D eigenvalue weighted by molar-refractivity contribution is 5.90. The maximum atomic E-state index is 13.8. The number of H-pyrrole nitrogens is 1. The van der Waals surface area contributed by atoms with Crippen molar-refractivity contribution in [2.75, 3.05) is 11.9 Å². The molecule has 0 aliphatic heterocycles. The van der Waals surface area contributed by atoms with Crippen molar-refractivity contribution in [3.63, 3.8) is 0 Å². The van der Waals surface area contributed by atoms with E-state index in [0.29, 0.717) is 30.1 Å². The summed E-state index contributed by atoms with van der Waals surface area (Å²) in [5.74, 6) is -1.56. The van der Waals surface area contributed by atoms with Crippen molar-refractivity contribution < 1.29 is 13.6 Å². The summed E-state index contributed by atoms with van der Waals surface area (Å²) in [6.45, 7) is 2.51. The van der Waals surface area contributed by atoms with E-state index in [2.05, 4.69) is 10.3 Å². The third-order valence-corrected chi connectivity index (χ3v) is 4.15. The average molecular weight is 371 g/mol. The molecule has 0 fully saturated rings. The van der Waals surface area contributed by atoms with E-state index < -0.39 is 17.7 Å². The highest BCUT2D eigenvalue weighted by atomic mass is 19.1. The van der Waals surface area contributed by atoms with E-state index in [4.69, 9.17) is 0 Å². The van der Waals surface area contributed by atoms with Crippen LogP contribution in [0.3, 0.4) is 0 Å². The predicted molar refractivity (Wildman–Crippen MR) is 101 cm³/mol. The Morgan fingerprint density at radius 2 is 1.93 bits per heavy atom. The fourth-order valence-electron chi connectivity index (χ4n) is 2.92. The Kier molecular flexibility index (Phi) is 5.49. The van der Waals surface area contributed by atoms with E-state index >= 15 is 0 Å². The summed E-state index contributed by atoms with van der Waals surface area (Å²) in [6, 6.07) is 11.2. The average Bonchev–Trinajstić information content (AvgIpc) is 2.63. The van der Waals surface area contributed by atoms with Crippen LogP contribution in [0.15, 0.2) is 53.3 Å². The predicted octanol–water partition coefficient (Wildman–Crippen LogP) is 4.25. The highest BCUT2D eigenvalue weighted by Crippen LogP contribution is 2.19. The Balaban J connectivity index is 1.88. The lowest BCUT2D eigenvalue weighted by Crippen LogP contribution is -2.35. The zero-order valence-electron chi connectivity index (χ0n) is 14.8. The Morgan fingerprint density at radius 3 is 2.67 bits per heavy atom. The molecule has 0 spiro atoms. The van der Waals surface area contributed by atoms with Gasteiger partial charge in [-0.1, -0.05) is 25.1 Å². The summed E-state index contributed by atoms with van der Waals surface area (Å²) in [7, 11) is 0. The minimum atomic E-state index is -0.846. The molecular weight excluding hydrogens is 352 g/mol. The summed E-state index contributed by atoms with van der Waals surface area (Å²) < 4.78 is 26.9. The van der Waals surface area contributed by atoms with Crippen LogP contribution in [0.2, 0.25) is 0 Å². The number of amides is 2. The molecule has 7 heteroatoms. The zero-order valence-corrected chi connectivity index (χ0v) is 14.8. The van der Waals surface area contributed by atoms with Crippen LogP contribution in [-0.4, -0.2) is 22.5 Å². The van der Waals surface area contributed by atoms with Gasteiger partial charge in [0, 0.05) is 36.1 Å². The molecule has 0 saturated carbocycles. The van der Waals surface area contributed by atoms with E-state index in [9.17, 15) is 18.4 Å². The summed E-state index contributed by atoms with van der Waals surface area (Å²) in [5, 5.41) is 3.30. The molecule has 3 rings (SSSR count). The molecule has 0 aliphatic carbocycles. The maximum absolute atomic E-state index is 13.8. The third-order valence-electron chi connectivity index (χ3n) is 4.15. The Bertz CT molecular complexity index is 1030. The Morgan fingerprint density at radius 1 is 1.15 bits per heavy atom. The molecule has 3 aromatic rings. The van der Waals surface area contributed by atoms with Crippen LogP contribution in [-0.2, 0) is 6.54 Å². The minimum Gasteiger partial charge on any atom is -0.322 e. The van der Waals surface area contributed by atoms with Crippen LogP contribution in [0.1, 0.15) is 18.9 Å². The van der Waals surface area contributed by atoms with Gasteiger partial charge in [0.15, 0.2) is 0 Å². The third kappa shape index (κ3) is 4.31. The fourth-order valence-corrected chi connectivity index (χ4v) is 2.92. The standard InChI is InChI=1S/C20H19F2N3O2/c1-2-9-25(20(27)24-18-8-7-14(21)11-16(18)22)12-13-10-19(26)23-17-6-4-3-5-15(13)17/h3-8,10-11H,2,9,12H2,1H3,(H,23,26)(H,24,27). The van der Waals surface area contributed by atoms with Gasteiger partial charge in [0.2, 0.25) is 5.56 Å². The first-order valence-corrected chi connectivity index (χ1v) is 8.60. The first-order valence-electron chi connectivity index (χ1n) is 8.60. The van der Waals surface area contributed by atoms with Gasteiger partial charge in [-0.25, -0.2) is 13.6 Å². The minimum absolute atomic E-state index is 0.0988. The Hall–Kier alpha value is -3.22. The quantitative estimate of drug-likeness (QED) is 0.704. The molecule has 1 heterocycles. The number of nitrogens with one attached hydrogen (secondary N) is 2. The molecule has 140 valence electrons. The number of nitrogens with zero attached hydrogens (tertiary/aromatic N) is 1. The molecule has 0 bridgehead atoms. The molecule has 1 aromatic heterocycles. The van der Waals surface area contributed by atoms with Crippen molar-refractivity contribution in [1.29, 1.82) is 0 Å². The molecule has 2 N–H and O–H groups in total. The summed E-state index contributed by atoms with van der Waals surface area (Å²) in [4.78, 5) is 28.8. The van der Waals surface area contributed by atoms with Crippen molar-refractivity contribution in [1.82, 2.24) is 9.88 Å². The van der Waals surface area contributed by atoms with E-state index in [1.807, 2.05) is 25.1 Å². The number of rotatable bonds is 5. The second kappa shape index (κ2) is 7.99. The van der Waals surface area contributed by atoms with Gasteiger partial charge in [0.05, 0.1) is 5.69 Å². The molecule has 0 atom stereocenters. The van der Waals surface area contributed by atoms with Crippen LogP contribution in [0, 0.1) is 11.6 Å². The lowest BCUT2D eigenvalue weighted by molar-refractivity contribution is 0.209. The lowest BCUT2D eigenvalue weighted by atomic mass is 10.1. The van der Waals surface area contributed by atoms with Crippen molar-refractivity contribution in [2.24, 2.45) is 0 Å². The number of hydrogen-bond acceptors (Lipinski definition) is 2. The van der Waals surface area contributed by atoms with Crippen LogP contribution < -0.4 is 10.9 Å². The molecule has 2 aromatic carbocycles. The first kappa shape index (κ1) is 18.6. The van der Waals surface area contributed by atoms with E-state index in [0.717, 1.165) is 11.5 Å². The molecule has 0 radical (unpaired) electrons. The fraction of sp³-hybridized carbons (Fsp3) is 0.200. The zero-order chi connectivity index (χ0) is 19.4. The second-order valence-corrected chi connectivity index (χ2v) is 6.18. The number of carbonyl (C=O) groups excluding carboxylic acids is 1. The molecular formula is C20H19F2N3O2. The van der Waals surface area contributed by atoms with Gasteiger partial charge < -0.3 is 15.2 Å². The number of anilines is 1. The first-order chi connectivity index (χ1) is 13.0. The summed E-state index contributed by atoms with van der Waals surface area (Å²) >= 11 is 0. The van der Waals surface area contributed by atoms with Crippen LogP contribution in [0.5, 0.6) is 0 Å². The molecule has 5 nitrogen and oxygen atoms in total. The van der Waals surface area contributed by atoms with Gasteiger partial charge in [-0.3, -0.25) is 4.79 Å². The number of aromatic amines is 1. The SMILES string of the molecule is CCCN(Cc1cc(=O)[nH]c2ccccc12)C(=O)Nc1ccc(F)cc1F. The number of benzene rings is 2. The smallest absolute Gasteiger partial charge is 0.322 e. The van der Waals surface area contributed by atoms with Gasteiger partial charge >= 0.3 is 6.03 Å². The number of hydrogen-bond donors (Lipinski definition) is 2. The monoisotopic (exact) mass is 371 g/mol. The number of halogens is 2. The van der Waals surface area contributed by atoms with Gasteiger partial charge in [-0.15, -0.1) is 0 Å². The number of carbonyl (C=O) groups is 1. The van der Waals surface area contributed by atoms with Crippen molar-refractivity contribution >= 4 is 22.6 Å². The maximum Gasteiger partial charge on any atom is 0.322 e. The van der Waals surface area contributed by atoms with Gasteiger partial charge in [0.1, 0.15) is 11.6 Å². The Labute approximate surface area is 154 Å². The summed E-state index contributed by atoms with van der Waals surface area (Å²) in [6.07, 6.45) is 0.681. The molecule has 27 heavy (non-hydrogen) atoms.